The maximum absolute atomic E-state index is 11.4. The lowest BCUT2D eigenvalue weighted by Gasteiger charge is -2.17. The van der Waals surface area contributed by atoms with Crippen LogP contribution in [0.1, 0.15) is 20.3 Å². The van der Waals surface area contributed by atoms with E-state index in [1.807, 2.05) is 13.8 Å². The number of nitriles is 1. The number of hydrogen-bond donors (Lipinski definition) is 3. The highest BCUT2D eigenvalue weighted by molar-refractivity contribution is 5.85. The molecule has 0 saturated carbocycles. The third-order valence-corrected chi connectivity index (χ3v) is 1.66. The number of carbonyl (C=O) groups is 2. The van der Waals surface area contributed by atoms with E-state index < -0.39 is 18.0 Å². The van der Waals surface area contributed by atoms with E-state index in [9.17, 15) is 9.59 Å². The van der Waals surface area contributed by atoms with Gasteiger partial charge in [-0.05, 0) is 12.3 Å². The van der Waals surface area contributed by atoms with Crippen molar-refractivity contribution in [2.75, 3.05) is 6.54 Å². The fourth-order valence-electron chi connectivity index (χ4n) is 1.10. The first kappa shape index (κ1) is 13.2. The van der Waals surface area contributed by atoms with E-state index >= 15 is 0 Å². The van der Waals surface area contributed by atoms with Gasteiger partial charge < -0.3 is 15.7 Å². The molecule has 0 heterocycles. The molecule has 0 rings (SSSR count). The molecular weight excluding hydrogens is 198 g/mol. The molecule has 0 aliphatic heterocycles. The van der Waals surface area contributed by atoms with Crippen molar-refractivity contribution < 1.29 is 14.7 Å². The molecule has 84 valence electrons. The maximum Gasteiger partial charge on any atom is 0.405 e. The second-order valence-electron chi connectivity index (χ2n) is 3.51. The van der Waals surface area contributed by atoms with Gasteiger partial charge in [-0.15, -0.1) is 0 Å². The van der Waals surface area contributed by atoms with E-state index in [-0.39, 0.29) is 12.5 Å². The van der Waals surface area contributed by atoms with E-state index in [1.165, 1.54) is 0 Å². The molecule has 0 unspecified atom stereocenters. The molecule has 0 aliphatic rings. The molecular formula is C9H15N3O3. The van der Waals surface area contributed by atoms with Crippen molar-refractivity contribution in [1.29, 1.82) is 5.26 Å². The molecule has 0 saturated heterocycles. The minimum atomic E-state index is -1.24. The Balaban J connectivity index is 4.28. The summed E-state index contributed by atoms with van der Waals surface area (Å²) in [5.41, 5.74) is 0. The normalized spacial score (nSPS) is 11.6. The number of nitrogens with one attached hydrogen (secondary N) is 2. The van der Waals surface area contributed by atoms with Crippen molar-refractivity contribution in [3.63, 3.8) is 0 Å². The smallest absolute Gasteiger partial charge is 0.405 e. The van der Waals surface area contributed by atoms with Crippen molar-refractivity contribution in [3.05, 3.63) is 0 Å². The summed E-state index contributed by atoms with van der Waals surface area (Å²) in [6, 6.07) is 0.957. The van der Waals surface area contributed by atoms with Gasteiger partial charge in [0.15, 0.2) is 0 Å². The third kappa shape index (κ3) is 6.32. The second-order valence-corrected chi connectivity index (χ2v) is 3.51. The molecule has 0 bridgehead atoms. The van der Waals surface area contributed by atoms with Crippen LogP contribution in [-0.4, -0.2) is 29.7 Å². The van der Waals surface area contributed by atoms with Crippen molar-refractivity contribution in [3.8, 4) is 6.07 Å². The molecule has 0 spiro atoms. The lowest BCUT2D eigenvalue weighted by molar-refractivity contribution is -0.123. The summed E-state index contributed by atoms with van der Waals surface area (Å²) in [6.45, 7) is 3.65. The zero-order valence-corrected chi connectivity index (χ0v) is 8.78. The van der Waals surface area contributed by atoms with Crippen molar-refractivity contribution in [2.24, 2.45) is 5.92 Å². The Labute approximate surface area is 88.3 Å². The zero-order chi connectivity index (χ0) is 11.8. The summed E-state index contributed by atoms with van der Waals surface area (Å²) < 4.78 is 0. The second kappa shape index (κ2) is 6.65. The van der Waals surface area contributed by atoms with Crippen LogP contribution >= 0.6 is 0 Å². The van der Waals surface area contributed by atoms with Gasteiger partial charge in [-0.2, -0.15) is 5.26 Å². The molecule has 15 heavy (non-hydrogen) atoms. The highest BCUT2D eigenvalue weighted by Crippen LogP contribution is 2.04. The van der Waals surface area contributed by atoms with E-state index in [0.29, 0.717) is 6.42 Å². The van der Waals surface area contributed by atoms with Crippen molar-refractivity contribution >= 4 is 12.0 Å². The summed E-state index contributed by atoms with van der Waals surface area (Å²) in [4.78, 5) is 21.8. The maximum atomic E-state index is 11.4. The highest BCUT2D eigenvalue weighted by Gasteiger charge is 2.20. The Morgan fingerprint density at radius 3 is 2.47 bits per heavy atom. The van der Waals surface area contributed by atoms with Crippen molar-refractivity contribution in [1.82, 2.24) is 10.6 Å². The minimum absolute atomic E-state index is 0.116. The lowest BCUT2D eigenvalue weighted by atomic mass is 10.0. The molecule has 1 atom stereocenters. The average Bonchev–Trinajstić information content (AvgIpc) is 2.11. The first-order valence-electron chi connectivity index (χ1n) is 4.61. The van der Waals surface area contributed by atoms with Gasteiger partial charge in [-0.25, -0.2) is 4.79 Å². The fourth-order valence-corrected chi connectivity index (χ4v) is 1.10. The number of hydrogen-bond acceptors (Lipinski definition) is 3. The molecule has 0 aliphatic carbocycles. The van der Waals surface area contributed by atoms with Crippen molar-refractivity contribution in [2.45, 2.75) is 26.3 Å². The molecule has 6 nitrogen and oxygen atoms in total. The van der Waals surface area contributed by atoms with Crippen LogP contribution in [0.2, 0.25) is 0 Å². The Bertz CT molecular complexity index is 270. The first-order valence-corrected chi connectivity index (χ1v) is 4.61. The number of carboxylic acid groups (broad SMARTS) is 1. The topological polar surface area (TPSA) is 102 Å². The number of carbonyl (C=O) groups excluding carboxylic acids is 1. The highest BCUT2D eigenvalue weighted by atomic mass is 16.4. The fraction of sp³-hybridized carbons (Fsp3) is 0.667. The van der Waals surface area contributed by atoms with Crippen LogP contribution in [0.15, 0.2) is 0 Å². The van der Waals surface area contributed by atoms with Crippen LogP contribution in [0.4, 0.5) is 4.79 Å². The lowest BCUT2D eigenvalue weighted by Crippen LogP contribution is -2.47. The number of rotatable bonds is 5. The Morgan fingerprint density at radius 1 is 1.47 bits per heavy atom. The molecule has 0 radical (unpaired) electrons. The number of amides is 2. The Morgan fingerprint density at radius 2 is 2.07 bits per heavy atom. The van der Waals surface area contributed by atoms with Crippen LogP contribution in [0.25, 0.3) is 0 Å². The van der Waals surface area contributed by atoms with Gasteiger partial charge in [0.25, 0.3) is 0 Å². The Hall–Kier alpha value is -1.77. The summed E-state index contributed by atoms with van der Waals surface area (Å²) >= 11 is 0. The number of nitrogens with zero attached hydrogens (tertiary/aromatic N) is 1. The van der Waals surface area contributed by atoms with Crippen LogP contribution in [0, 0.1) is 17.2 Å². The molecule has 0 fully saturated rings. The summed E-state index contributed by atoms with van der Waals surface area (Å²) in [5, 5.41) is 21.2. The van der Waals surface area contributed by atoms with E-state index in [2.05, 4.69) is 10.6 Å². The summed E-state index contributed by atoms with van der Waals surface area (Å²) in [5.74, 6) is -0.276. The third-order valence-electron chi connectivity index (χ3n) is 1.66. The molecule has 2 amide bonds. The largest absolute Gasteiger partial charge is 0.465 e. The molecule has 0 aromatic rings. The predicted molar refractivity (Wildman–Crippen MR) is 53.0 cm³/mol. The van der Waals surface area contributed by atoms with Crippen LogP contribution < -0.4 is 10.6 Å². The molecule has 0 aromatic heterocycles. The van der Waals surface area contributed by atoms with Gasteiger partial charge in [0, 0.05) is 0 Å². The Kier molecular flexibility index (Phi) is 5.86. The van der Waals surface area contributed by atoms with E-state index in [1.54, 1.807) is 6.07 Å². The standard InChI is InChI=1S/C9H15N3O3/c1-6(2)5-7(12-9(14)15)8(13)11-4-3-10/h6-7,12H,4-5H2,1-2H3,(H,11,13)(H,14,15)/t7-/m0/s1. The zero-order valence-electron chi connectivity index (χ0n) is 8.78. The van der Waals surface area contributed by atoms with Crippen LogP contribution in [0.5, 0.6) is 0 Å². The minimum Gasteiger partial charge on any atom is -0.465 e. The summed E-state index contributed by atoms with van der Waals surface area (Å²) in [7, 11) is 0. The quantitative estimate of drug-likeness (QED) is 0.572. The van der Waals surface area contributed by atoms with Gasteiger partial charge in [0.2, 0.25) is 5.91 Å². The first-order chi connectivity index (χ1) is 6.97. The monoisotopic (exact) mass is 213 g/mol. The molecule has 0 aromatic carbocycles. The molecule has 3 N–H and O–H groups in total. The van der Waals surface area contributed by atoms with Crippen LogP contribution in [0.3, 0.4) is 0 Å². The SMILES string of the molecule is CC(C)C[C@H](NC(=O)O)C(=O)NCC#N. The van der Waals surface area contributed by atoms with E-state index in [4.69, 9.17) is 10.4 Å². The van der Waals surface area contributed by atoms with Gasteiger partial charge in [0.1, 0.15) is 12.6 Å². The predicted octanol–water partition coefficient (Wildman–Crippen LogP) is 0.308. The summed E-state index contributed by atoms with van der Waals surface area (Å²) in [6.07, 6.45) is -0.837. The van der Waals surface area contributed by atoms with Gasteiger partial charge in [0.05, 0.1) is 6.07 Å². The van der Waals surface area contributed by atoms with E-state index in [0.717, 1.165) is 0 Å². The molecule has 6 heteroatoms. The van der Waals surface area contributed by atoms with Gasteiger partial charge in [-0.1, -0.05) is 13.8 Å². The van der Waals surface area contributed by atoms with Crippen LogP contribution in [-0.2, 0) is 4.79 Å². The average molecular weight is 213 g/mol. The van der Waals surface area contributed by atoms with Gasteiger partial charge >= 0.3 is 6.09 Å². The van der Waals surface area contributed by atoms with Gasteiger partial charge in [-0.3, -0.25) is 4.79 Å².